The molecule has 3 amide bonds. The fraction of sp³-hybridized carbons (Fsp3) is 0.385. The Morgan fingerprint density at radius 1 is 1.32 bits per heavy atom. The maximum absolute atomic E-state index is 12.0. The molecule has 1 aliphatic rings. The van der Waals surface area contributed by atoms with Crippen molar-refractivity contribution in [1.82, 2.24) is 15.1 Å². The van der Waals surface area contributed by atoms with Crippen molar-refractivity contribution in [3.8, 4) is 12.3 Å². The van der Waals surface area contributed by atoms with Gasteiger partial charge in [-0.15, -0.1) is 6.42 Å². The van der Waals surface area contributed by atoms with Crippen molar-refractivity contribution in [2.45, 2.75) is 0 Å². The second-order valence-corrected chi connectivity index (χ2v) is 4.12. The van der Waals surface area contributed by atoms with Crippen LogP contribution in [0, 0.1) is 12.3 Å². The molecule has 0 aliphatic carbocycles. The number of furan rings is 1. The average Bonchev–Trinajstić information content (AvgIpc) is 2.98. The number of hydrogen-bond acceptors (Lipinski definition) is 3. The molecule has 19 heavy (non-hydrogen) atoms. The van der Waals surface area contributed by atoms with Crippen LogP contribution in [0.3, 0.4) is 0 Å². The number of piperazine rings is 1. The molecule has 1 aromatic heterocycles. The van der Waals surface area contributed by atoms with Crippen molar-refractivity contribution >= 4 is 11.9 Å². The van der Waals surface area contributed by atoms with Crippen molar-refractivity contribution in [3.63, 3.8) is 0 Å². The van der Waals surface area contributed by atoms with E-state index < -0.39 is 0 Å². The summed E-state index contributed by atoms with van der Waals surface area (Å²) >= 11 is 0. The number of hydrogen-bond donors (Lipinski definition) is 1. The van der Waals surface area contributed by atoms with E-state index in [4.69, 9.17) is 10.8 Å². The number of carbonyl (C=O) groups excluding carboxylic acids is 2. The van der Waals surface area contributed by atoms with Crippen molar-refractivity contribution in [1.29, 1.82) is 0 Å². The van der Waals surface area contributed by atoms with Crippen LogP contribution in [0.2, 0.25) is 0 Å². The molecule has 0 spiro atoms. The highest BCUT2D eigenvalue weighted by Gasteiger charge is 2.25. The molecule has 1 aliphatic heterocycles. The molecule has 0 saturated carbocycles. The Bertz CT molecular complexity index is 482. The highest BCUT2D eigenvalue weighted by molar-refractivity contribution is 5.91. The molecule has 6 nitrogen and oxygen atoms in total. The van der Waals surface area contributed by atoms with Crippen LogP contribution in [0.25, 0.3) is 0 Å². The van der Waals surface area contributed by atoms with Crippen LogP contribution in [0.1, 0.15) is 10.6 Å². The van der Waals surface area contributed by atoms with E-state index in [1.165, 1.54) is 6.26 Å². The summed E-state index contributed by atoms with van der Waals surface area (Å²) in [6.07, 6.45) is 6.54. The van der Waals surface area contributed by atoms with Crippen molar-refractivity contribution < 1.29 is 14.0 Å². The Morgan fingerprint density at radius 3 is 2.58 bits per heavy atom. The van der Waals surface area contributed by atoms with Crippen LogP contribution in [0.15, 0.2) is 22.8 Å². The van der Waals surface area contributed by atoms with Crippen LogP contribution in [0.4, 0.5) is 4.79 Å². The maximum Gasteiger partial charge on any atom is 0.318 e. The zero-order chi connectivity index (χ0) is 13.7. The Morgan fingerprint density at radius 2 is 2.00 bits per heavy atom. The standard InChI is InChI=1S/C13H15N3O3/c1-2-5-14-13(18)16-8-6-15(7-9-16)12(17)11-4-3-10-19-11/h1,3-4,10H,5-9H2,(H,14,18). The molecular formula is C13H15N3O3. The number of rotatable bonds is 2. The fourth-order valence-corrected chi connectivity index (χ4v) is 1.91. The summed E-state index contributed by atoms with van der Waals surface area (Å²) in [7, 11) is 0. The Labute approximate surface area is 111 Å². The third-order valence-electron chi connectivity index (χ3n) is 2.93. The molecule has 0 unspecified atom stereocenters. The Kier molecular flexibility index (Phi) is 4.08. The zero-order valence-electron chi connectivity index (χ0n) is 10.5. The predicted octanol–water partition coefficient (Wildman–Crippen LogP) is 0.380. The largest absolute Gasteiger partial charge is 0.459 e. The summed E-state index contributed by atoms with van der Waals surface area (Å²) < 4.78 is 5.07. The first-order chi connectivity index (χ1) is 9.22. The van der Waals surface area contributed by atoms with Gasteiger partial charge in [0.1, 0.15) is 0 Å². The molecule has 100 valence electrons. The number of carbonyl (C=O) groups is 2. The molecule has 2 rings (SSSR count). The SMILES string of the molecule is C#CCNC(=O)N1CCN(C(=O)c2ccco2)CC1. The first-order valence-corrected chi connectivity index (χ1v) is 6.01. The van der Waals surface area contributed by atoms with Gasteiger partial charge in [0, 0.05) is 26.2 Å². The number of nitrogens with one attached hydrogen (secondary N) is 1. The van der Waals surface area contributed by atoms with Crippen LogP contribution >= 0.6 is 0 Å². The van der Waals surface area contributed by atoms with E-state index in [9.17, 15) is 9.59 Å². The van der Waals surface area contributed by atoms with Crippen molar-refractivity contribution in [3.05, 3.63) is 24.2 Å². The lowest BCUT2D eigenvalue weighted by Crippen LogP contribution is -2.53. The van der Waals surface area contributed by atoms with Crippen LogP contribution in [0.5, 0.6) is 0 Å². The number of terminal acetylenes is 1. The van der Waals surface area contributed by atoms with Gasteiger partial charge in [0.2, 0.25) is 0 Å². The average molecular weight is 261 g/mol. The third-order valence-corrected chi connectivity index (χ3v) is 2.93. The van der Waals surface area contributed by atoms with E-state index >= 15 is 0 Å². The number of amides is 3. The highest BCUT2D eigenvalue weighted by atomic mass is 16.3. The van der Waals surface area contributed by atoms with Gasteiger partial charge in [-0.2, -0.15) is 0 Å². The minimum Gasteiger partial charge on any atom is -0.459 e. The van der Waals surface area contributed by atoms with Gasteiger partial charge in [0.15, 0.2) is 5.76 Å². The monoisotopic (exact) mass is 261 g/mol. The second kappa shape index (κ2) is 5.96. The Hall–Kier alpha value is -2.42. The molecule has 1 N–H and O–H groups in total. The summed E-state index contributed by atoms with van der Waals surface area (Å²) in [4.78, 5) is 27.0. The predicted molar refractivity (Wildman–Crippen MR) is 68.4 cm³/mol. The van der Waals surface area contributed by atoms with Gasteiger partial charge in [-0.25, -0.2) is 4.79 Å². The first-order valence-electron chi connectivity index (χ1n) is 6.01. The highest BCUT2D eigenvalue weighted by Crippen LogP contribution is 2.09. The number of nitrogens with zero attached hydrogens (tertiary/aromatic N) is 2. The van der Waals surface area contributed by atoms with Crippen LogP contribution in [-0.4, -0.2) is 54.5 Å². The minimum atomic E-state index is -0.192. The van der Waals surface area contributed by atoms with E-state index in [1.54, 1.807) is 21.9 Å². The summed E-state index contributed by atoms with van der Waals surface area (Å²) in [5.74, 6) is 2.53. The van der Waals surface area contributed by atoms with Gasteiger partial charge in [-0.1, -0.05) is 5.92 Å². The normalized spacial score (nSPS) is 14.9. The van der Waals surface area contributed by atoms with Gasteiger partial charge in [0.25, 0.3) is 5.91 Å². The first kappa shape index (κ1) is 13.0. The summed E-state index contributed by atoms with van der Waals surface area (Å²) in [6, 6.07) is 3.12. The Balaban J connectivity index is 1.84. The molecule has 6 heteroatoms. The van der Waals surface area contributed by atoms with E-state index in [2.05, 4.69) is 11.2 Å². The minimum absolute atomic E-state index is 0.145. The smallest absolute Gasteiger partial charge is 0.318 e. The molecule has 0 bridgehead atoms. The lowest BCUT2D eigenvalue weighted by molar-refractivity contribution is 0.0634. The molecule has 0 atom stereocenters. The third kappa shape index (κ3) is 3.07. The van der Waals surface area contributed by atoms with E-state index in [0.29, 0.717) is 31.9 Å². The summed E-state index contributed by atoms with van der Waals surface area (Å²) in [5, 5.41) is 2.60. The maximum atomic E-state index is 12.0. The summed E-state index contributed by atoms with van der Waals surface area (Å²) in [6.45, 7) is 2.17. The molecule has 1 aromatic rings. The fourth-order valence-electron chi connectivity index (χ4n) is 1.91. The molecule has 1 fully saturated rings. The van der Waals surface area contributed by atoms with Gasteiger partial charge in [0.05, 0.1) is 12.8 Å². The quantitative estimate of drug-likeness (QED) is 0.783. The van der Waals surface area contributed by atoms with Gasteiger partial charge >= 0.3 is 6.03 Å². The van der Waals surface area contributed by atoms with Crippen LogP contribution in [-0.2, 0) is 0 Å². The van der Waals surface area contributed by atoms with Gasteiger partial charge in [-0.05, 0) is 12.1 Å². The molecule has 0 radical (unpaired) electrons. The van der Waals surface area contributed by atoms with E-state index in [-0.39, 0.29) is 18.5 Å². The van der Waals surface area contributed by atoms with E-state index in [1.807, 2.05) is 0 Å². The second-order valence-electron chi connectivity index (χ2n) is 4.12. The molecule has 0 aromatic carbocycles. The van der Waals surface area contributed by atoms with Gasteiger partial charge < -0.3 is 19.5 Å². The van der Waals surface area contributed by atoms with Crippen molar-refractivity contribution in [2.75, 3.05) is 32.7 Å². The lowest BCUT2D eigenvalue weighted by Gasteiger charge is -2.34. The van der Waals surface area contributed by atoms with Crippen LogP contribution < -0.4 is 5.32 Å². The zero-order valence-corrected chi connectivity index (χ0v) is 10.5. The van der Waals surface area contributed by atoms with Gasteiger partial charge in [-0.3, -0.25) is 4.79 Å². The molecular weight excluding hydrogens is 246 g/mol. The van der Waals surface area contributed by atoms with Crippen molar-refractivity contribution in [2.24, 2.45) is 0 Å². The molecule has 1 saturated heterocycles. The lowest BCUT2D eigenvalue weighted by atomic mass is 10.3. The topological polar surface area (TPSA) is 65.8 Å². The number of urea groups is 1. The van der Waals surface area contributed by atoms with E-state index in [0.717, 1.165) is 0 Å². The molecule has 2 heterocycles. The summed E-state index contributed by atoms with van der Waals surface area (Å²) in [5.41, 5.74) is 0.